The van der Waals surface area contributed by atoms with E-state index in [-0.39, 0.29) is 6.61 Å². The molecule has 1 aliphatic heterocycles. The van der Waals surface area contributed by atoms with Crippen molar-refractivity contribution in [2.75, 3.05) is 13.1 Å². The van der Waals surface area contributed by atoms with Crippen LogP contribution >= 0.6 is 0 Å². The van der Waals surface area contributed by atoms with Crippen LogP contribution in [0, 0.1) is 0 Å². The molecule has 0 saturated carbocycles. The number of fused-ring (bicyclic) bond motifs is 3. The molecule has 20 heavy (non-hydrogen) atoms. The van der Waals surface area contributed by atoms with E-state index in [1.165, 1.54) is 37.9 Å². The number of nitrogens with zero attached hydrogens (tertiary/aromatic N) is 1. The number of rotatable bonds is 3. The van der Waals surface area contributed by atoms with E-state index >= 15 is 0 Å². The molecule has 0 aromatic heterocycles. The number of hydrogen-bond acceptors (Lipinski definition) is 3. The van der Waals surface area contributed by atoms with Crippen LogP contribution in [-0.2, 0) is 13.0 Å². The van der Waals surface area contributed by atoms with Crippen LogP contribution in [0.3, 0.4) is 0 Å². The molecule has 3 nitrogen and oxygen atoms in total. The van der Waals surface area contributed by atoms with Gasteiger partial charge in [-0.3, -0.25) is 4.90 Å². The zero-order chi connectivity index (χ0) is 14.1. The summed E-state index contributed by atoms with van der Waals surface area (Å²) >= 11 is 0. The molecule has 0 unspecified atom stereocenters. The van der Waals surface area contributed by atoms with Crippen molar-refractivity contribution in [3.05, 3.63) is 28.8 Å². The first-order valence-corrected chi connectivity index (χ1v) is 7.94. The molecule has 110 valence electrons. The van der Waals surface area contributed by atoms with Crippen LogP contribution in [0.25, 0.3) is 0 Å². The molecule has 3 rings (SSSR count). The zero-order valence-electron chi connectivity index (χ0n) is 12.3. The first-order chi connectivity index (χ1) is 9.76. The summed E-state index contributed by atoms with van der Waals surface area (Å²) in [5.41, 5.74) is 3.09. The van der Waals surface area contributed by atoms with Gasteiger partial charge in [0.1, 0.15) is 5.75 Å². The Labute approximate surface area is 121 Å². The number of phenols is 1. The normalized spacial score (nSPS) is 26.1. The average molecular weight is 275 g/mol. The Morgan fingerprint density at radius 1 is 1.30 bits per heavy atom. The summed E-state index contributed by atoms with van der Waals surface area (Å²) in [5, 5.41) is 19.6. The monoisotopic (exact) mass is 275 g/mol. The van der Waals surface area contributed by atoms with Gasteiger partial charge in [0.25, 0.3) is 0 Å². The molecule has 2 N–H and O–H groups in total. The molecule has 0 bridgehead atoms. The van der Waals surface area contributed by atoms with Crippen molar-refractivity contribution in [1.29, 1.82) is 0 Å². The fourth-order valence-corrected chi connectivity index (χ4v) is 4.17. The summed E-state index contributed by atoms with van der Waals surface area (Å²) in [5.74, 6) is 0.911. The van der Waals surface area contributed by atoms with Crippen LogP contribution in [0.4, 0.5) is 0 Å². The largest absolute Gasteiger partial charge is 0.507 e. The van der Waals surface area contributed by atoms with E-state index in [0.717, 1.165) is 18.4 Å². The lowest BCUT2D eigenvalue weighted by Crippen LogP contribution is -2.46. The highest BCUT2D eigenvalue weighted by molar-refractivity contribution is 5.49. The molecule has 1 aromatic rings. The standard InChI is InChI=1S/C17H25NO2/c1-2-9-18-10-3-4-14-13-6-5-12(11-19)17(20)15(13)7-8-16(14)18/h5-6,14,16,19-20H,2-4,7-11H2,1H3/t14-,16-/m0/s1. The topological polar surface area (TPSA) is 43.7 Å². The van der Waals surface area contributed by atoms with Crippen LogP contribution in [-0.4, -0.2) is 34.2 Å². The van der Waals surface area contributed by atoms with E-state index in [9.17, 15) is 10.2 Å². The maximum absolute atomic E-state index is 10.3. The molecule has 1 aliphatic carbocycles. The quantitative estimate of drug-likeness (QED) is 0.891. The van der Waals surface area contributed by atoms with E-state index in [1.54, 1.807) is 0 Å². The number of likely N-dealkylation sites (tertiary alicyclic amines) is 1. The third-order valence-corrected chi connectivity index (χ3v) is 5.07. The maximum atomic E-state index is 10.3. The Hall–Kier alpha value is -1.06. The smallest absolute Gasteiger partial charge is 0.124 e. The third kappa shape index (κ3) is 2.23. The van der Waals surface area contributed by atoms with Crippen LogP contribution in [0.5, 0.6) is 5.75 Å². The lowest BCUT2D eigenvalue weighted by atomic mass is 9.73. The van der Waals surface area contributed by atoms with Crippen molar-refractivity contribution >= 4 is 0 Å². The van der Waals surface area contributed by atoms with Gasteiger partial charge >= 0.3 is 0 Å². The van der Waals surface area contributed by atoms with Crippen molar-refractivity contribution in [2.45, 2.75) is 57.6 Å². The lowest BCUT2D eigenvalue weighted by molar-refractivity contribution is 0.112. The van der Waals surface area contributed by atoms with E-state index in [0.29, 0.717) is 23.3 Å². The van der Waals surface area contributed by atoms with Gasteiger partial charge < -0.3 is 10.2 Å². The van der Waals surface area contributed by atoms with Crippen molar-refractivity contribution in [3.63, 3.8) is 0 Å². The maximum Gasteiger partial charge on any atom is 0.124 e. The predicted octanol–water partition coefficient (Wildman–Crippen LogP) is 2.79. The van der Waals surface area contributed by atoms with Crippen LogP contribution in [0.1, 0.15) is 55.2 Å². The highest BCUT2D eigenvalue weighted by Crippen LogP contribution is 2.44. The van der Waals surface area contributed by atoms with Gasteiger partial charge in [0.15, 0.2) is 0 Å². The number of hydrogen-bond donors (Lipinski definition) is 2. The van der Waals surface area contributed by atoms with Crippen molar-refractivity contribution in [3.8, 4) is 5.75 Å². The predicted molar refractivity (Wildman–Crippen MR) is 80.0 cm³/mol. The van der Waals surface area contributed by atoms with Crippen molar-refractivity contribution in [2.24, 2.45) is 0 Å². The molecule has 2 aliphatic rings. The molecule has 3 heteroatoms. The molecule has 2 atom stereocenters. The number of aliphatic hydroxyl groups excluding tert-OH is 1. The molecule has 0 radical (unpaired) electrons. The van der Waals surface area contributed by atoms with Crippen LogP contribution in [0.15, 0.2) is 12.1 Å². The molecule has 1 fully saturated rings. The van der Waals surface area contributed by atoms with Gasteiger partial charge in [-0.25, -0.2) is 0 Å². The minimum absolute atomic E-state index is 0.0742. The van der Waals surface area contributed by atoms with Crippen LogP contribution < -0.4 is 0 Å². The van der Waals surface area contributed by atoms with E-state index in [2.05, 4.69) is 17.9 Å². The summed E-state index contributed by atoms with van der Waals surface area (Å²) in [6.45, 7) is 4.59. The van der Waals surface area contributed by atoms with E-state index < -0.39 is 0 Å². The number of aromatic hydroxyl groups is 1. The second-order valence-electron chi connectivity index (χ2n) is 6.19. The van der Waals surface area contributed by atoms with E-state index in [1.807, 2.05) is 6.07 Å². The minimum Gasteiger partial charge on any atom is -0.507 e. The molecule has 1 aromatic carbocycles. The first kappa shape index (κ1) is 13.9. The number of aliphatic hydroxyl groups is 1. The molecule has 0 amide bonds. The number of benzene rings is 1. The van der Waals surface area contributed by atoms with Gasteiger partial charge in [-0.05, 0) is 62.2 Å². The second-order valence-corrected chi connectivity index (χ2v) is 6.19. The van der Waals surface area contributed by atoms with Gasteiger partial charge in [0.2, 0.25) is 0 Å². The minimum atomic E-state index is -0.0742. The highest BCUT2D eigenvalue weighted by atomic mass is 16.3. The first-order valence-electron chi connectivity index (χ1n) is 7.94. The fraction of sp³-hybridized carbons (Fsp3) is 0.647. The van der Waals surface area contributed by atoms with Gasteiger partial charge in [0, 0.05) is 11.6 Å². The Kier molecular flexibility index (Phi) is 3.99. The van der Waals surface area contributed by atoms with Gasteiger partial charge in [0.05, 0.1) is 6.61 Å². The summed E-state index contributed by atoms with van der Waals surface area (Å²) in [6.07, 6.45) is 5.78. The number of piperidine rings is 1. The summed E-state index contributed by atoms with van der Waals surface area (Å²) < 4.78 is 0. The summed E-state index contributed by atoms with van der Waals surface area (Å²) in [6, 6.07) is 4.69. The summed E-state index contributed by atoms with van der Waals surface area (Å²) in [4.78, 5) is 2.65. The van der Waals surface area contributed by atoms with Crippen LogP contribution in [0.2, 0.25) is 0 Å². The SMILES string of the molecule is CCCN1CCC[C@H]2c3ccc(CO)c(O)c3CC[C@@H]21. The Balaban J connectivity index is 1.94. The molecule has 0 spiro atoms. The fourth-order valence-electron chi connectivity index (χ4n) is 4.17. The highest BCUT2D eigenvalue weighted by Gasteiger charge is 2.36. The Morgan fingerprint density at radius 2 is 2.15 bits per heavy atom. The molecular weight excluding hydrogens is 250 g/mol. The Bertz CT molecular complexity index is 484. The summed E-state index contributed by atoms with van der Waals surface area (Å²) in [7, 11) is 0. The van der Waals surface area contributed by atoms with Crippen molar-refractivity contribution < 1.29 is 10.2 Å². The molecule has 1 heterocycles. The lowest BCUT2D eigenvalue weighted by Gasteiger charge is -2.45. The second kappa shape index (κ2) is 5.74. The average Bonchev–Trinajstić information content (AvgIpc) is 2.48. The Morgan fingerprint density at radius 3 is 2.90 bits per heavy atom. The molecular formula is C17H25NO2. The van der Waals surface area contributed by atoms with Gasteiger partial charge in [-0.2, -0.15) is 0 Å². The van der Waals surface area contributed by atoms with Gasteiger partial charge in [-0.1, -0.05) is 19.1 Å². The zero-order valence-corrected chi connectivity index (χ0v) is 12.3. The van der Waals surface area contributed by atoms with Crippen molar-refractivity contribution in [1.82, 2.24) is 4.90 Å². The molecule has 1 saturated heterocycles. The van der Waals surface area contributed by atoms with E-state index in [4.69, 9.17) is 0 Å². The van der Waals surface area contributed by atoms with Gasteiger partial charge in [-0.15, -0.1) is 0 Å². The third-order valence-electron chi connectivity index (χ3n) is 5.07.